The largest absolute Gasteiger partial charge is 0.489 e. The van der Waals surface area contributed by atoms with Crippen molar-refractivity contribution >= 4 is 11.6 Å². The molecule has 0 atom stereocenters. The van der Waals surface area contributed by atoms with Crippen molar-refractivity contribution in [3.63, 3.8) is 0 Å². The van der Waals surface area contributed by atoms with Gasteiger partial charge in [0.1, 0.15) is 18.9 Å². The summed E-state index contributed by atoms with van der Waals surface area (Å²) in [5.74, 6) is 0.777. The lowest BCUT2D eigenvalue weighted by atomic mass is 10.1. The van der Waals surface area contributed by atoms with E-state index in [0.717, 1.165) is 24.5 Å². The minimum Gasteiger partial charge on any atom is -0.489 e. The van der Waals surface area contributed by atoms with Crippen LogP contribution in [-0.4, -0.2) is 39.5 Å². The van der Waals surface area contributed by atoms with E-state index in [2.05, 4.69) is 0 Å². The van der Waals surface area contributed by atoms with Crippen LogP contribution in [0.15, 0.2) is 18.2 Å². The number of ether oxygens (including phenoxy) is 2. The molecule has 1 aliphatic heterocycles. The van der Waals surface area contributed by atoms with Gasteiger partial charge >= 0.3 is 0 Å². The molecule has 1 aromatic carbocycles. The first-order valence-electron chi connectivity index (χ1n) is 7.56. The number of nitrogens with one attached hydrogen (secondary N) is 1. The quantitative estimate of drug-likeness (QED) is 0.779. The van der Waals surface area contributed by atoms with Gasteiger partial charge in [-0.25, -0.2) is 0 Å². The molecule has 0 amide bonds. The third-order valence-corrected chi connectivity index (χ3v) is 4.10. The first-order valence-corrected chi connectivity index (χ1v) is 7.94. The monoisotopic (exact) mass is 298 g/mol. The Morgan fingerprint density at radius 3 is 2.65 bits per heavy atom. The number of quaternary nitrogens is 1. The van der Waals surface area contributed by atoms with Gasteiger partial charge in [0.05, 0.1) is 31.3 Å². The number of halogens is 1. The molecule has 1 fully saturated rings. The average molecular weight is 299 g/mol. The molecule has 20 heavy (non-hydrogen) atoms. The first kappa shape index (κ1) is 15.6. The van der Waals surface area contributed by atoms with Gasteiger partial charge in [-0.2, -0.15) is 0 Å². The van der Waals surface area contributed by atoms with E-state index in [1.165, 1.54) is 32.4 Å². The number of hydrogen-bond acceptors (Lipinski definition) is 2. The summed E-state index contributed by atoms with van der Waals surface area (Å²) in [6, 6.07) is 5.79. The zero-order valence-electron chi connectivity index (χ0n) is 12.3. The predicted molar refractivity (Wildman–Crippen MR) is 81.9 cm³/mol. The molecule has 0 spiro atoms. The van der Waals surface area contributed by atoms with E-state index in [1.807, 2.05) is 25.1 Å². The van der Waals surface area contributed by atoms with Crippen LogP contribution >= 0.6 is 11.6 Å². The summed E-state index contributed by atoms with van der Waals surface area (Å²) in [5, 5.41) is 0.669. The van der Waals surface area contributed by atoms with Crippen LogP contribution in [0.3, 0.4) is 0 Å². The minimum absolute atomic E-state index is 0.555. The molecule has 3 nitrogen and oxygen atoms in total. The van der Waals surface area contributed by atoms with Gasteiger partial charge in [0.25, 0.3) is 0 Å². The average Bonchev–Trinajstić information content (AvgIpc) is 2.46. The normalized spacial score (nSPS) is 16.3. The van der Waals surface area contributed by atoms with Crippen molar-refractivity contribution in [2.45, 2.75) is 26.2 Å². The molecule has 1 N–H and O–H groups in total. The number of para-hydroxylation sites is 1. The van der Waals surface area contributed by atoms with Crippen molar-refractivity contribution in [1.29, 1.82) is 0 Å². The summed E-state index contributed by atoms with van der Waals surface area (Å²) >= 11 is 6.10. The Kier molecular flexibility index (Phi) is 6.64. The minimum atomic E-state index is 0.555. The number of hydrogen-bond donors (Lipinski definition) is 1. The molecular weight excluding hydrogens is 274 g/mol. The van der Waals surface area contributed by atoms with E-state index in [0.29, 0.717) is 18.2 Å². The third-order valence-electron chi connectivity index (χ3n) is 3.80. The first-order chi connectivity index (χ1) is 9.77. The molecule has 0 radical (unpaired) electrons. The van der Waals surface area contributed by atoms with Crippen molar-refractivity contribution in [2.24, 2.45) is 0 Å². The molecule has 0 aromatic heterocycles. The van der Waals surface area contributed by atoms with Gasteiger partial charge in [0.15, 0.2) is 0 Å². The summed E-state index contributed by atoms with van der Waals surface area (Å²) in [6.45, 7) is 7.72. The molecule has 0 saturated carbocycles. The van der Waals surface area contributed by atoms with Crippen LogP contribution in [0.2, 0.25) is 5.02 Å². The predicted octanol–water partition coefficient (Wildman–Crippen LogP) is 2.11. The van der Waals surface area contributed by atoms with Crippen molar-refractivity contribution in [3.8, 4) is 5.75 Å². The number of piperidine rings is 1. The zero-order valence-corrected chi connectivity index (χ0v) is 13.0. The van der Waals surface area contributed by atoms with Crippen molar-refractivity contribution in [2.75, 3.05) is 39.5 Å². The number of aryl methyl sites for hydroxylation is 1. The van der Waals surface area contributed by atoms with Crippen molar-refractivity contribution < 1.29 is 14.4 Å². The fraction of sp³-hybridized carbons (Fsp3) is 0.625. The van der Waals surface area contributed by atoms with Crippen LogP contribution in [0.5, 0.6) is 5.75 Å². The molecular formula is C16H25ClNO2+. The fourth-order valence-corrected chi connectivity index (χ4v) is 2.90. The molecule has 4 heteroatoms. The van der Waals surface area contributed by atoms with Crippen LogP contribution < -0.4 is 9.64 Å². The number of likely N-dealkylation sites (tertiary alicyclic amines) is 1. The van der Waals surface area contributed by atoms with Gasteiger partial charge < -0.3 is 14.4 Å². The van der Waals surface area contributed by atoms with Gasteiger partial charge in [0.2, 0.25) is 0 Å². The topological polar surface area (TPSA) is 22.9 Å². The Balaban J connectivity index is 1.57. The van der Waals surface area contributed by atoms with Crippen LogP contribution in [0.1, 0.15) is 24.8 Å². The van der Waals surface area contributed by atoms with E-state index >= 15 is 0 Å². The highest BCUT2D eigenvalue weighted by Gasteiger charge is 2.12. The van der Waals surface area contributed by atoms with Gasteiger partial charge in [-0.15, -0.1) is 0 Å². The van der Waals surface area contributed by atoms with Gasteiger partial charge in [-0.05, 0) is 37.8 Å². The van der Waals surface area contributed by atoms with Crippen LogP contribution in [0, 0.1) is 6.92 Å². The Hall–Kier alpha value is -0.770. The van der Waals surface area contributed by atoms with Crippen LogP contribution in [0.25, 0.3) is 0 Å². The van der Waals surface area contributed by atoms with Crippen LogP contribution in [0.4, 0.5) is 0 Å². The lowest BCUT2D eigenvalue weighted by molar-refractivity contribution is -0.905. The maximum absolute atomic E-state index is 6.10. The highest BCUT2D eigenvalue weighted by molar-refractivity contribution is 6.32. The van der Waals surface area contributed by atoms with E-state index in [1.54, 1.807) is 4.90 Å². The summed E-state index contributed by atoms with van der Waals surface area (Å²) in [7, 11) is 0. The summed E-state index contributed by atoms with van der Waals surface area (Å²) in [5.41, 5.74) is 1.07. The fourth-order valence-electron chi connectivity index (χ4n) is 2.62. The molecule has 0 aliphatic carbocycles. The van der Waals surface area contributed by atoms with Crippen molar-refractivity contribution in [3.05, 3.63) is 28.8 Å². The van der Waals surface area contributed by atoms with Gasteiger partial charge in [-0.3, -0.25) is 0 Å². The van der Waals surface area contributed by atoms with E-state index in [4.69, 9.17) is 21.1 Å². The maximum Gasteiger partial charge on any atom is 0.140 e. The standard InChI is InChI=1S/C16H24ClNO2/c1-14-6-5-7-15(17)16(14)20-13-12-19-11-10-18-8-3-2-4-9-18/h5-7H,2-4,8-13H2,1H3/p+1. The Morgan fingerprint density at radius 2 is 1.90 bits per heavy atom. The van der Waals surface area contributed by atoms with Crippen LogP contribution in [-0.2, 0) is 4.74 Å². The highest BCUT2D eigenvalue weighted by Crippen LogP contribution is 2.27. The zero-order chi connectivity index (χ0) is 14.2. The van der Waals surface area contributed by atoms with E-state index in [-0.39, 0.29) is 0 Å². The second kappa shape index (κ2) is 8.50. The smallest absolute Gasteiger partial charge is 0.140 e. The third kappa shape index (κ3) is 4.97. The SMILES string of the molecule is Cc1cccc(Cl)c1OCCOCC[NH+]1CCCCC1. The van der Waals surface area contributed by atoms with E-state index in [9.17, 15) is 0 Å². The number of benzene rings is 1. The molecule has 1 aromatic rings. The maximum atomic E-state index is 6.10. The van der Waals surface area contributed by atoms with E-state index < -0.39 is 0 Å². The highest BCUT2D eigenvalue weighted by atomic mass is 35.5. The number of rotatable bonds is 7. The Labute approximate surface area is 126 Å². The van der Waals surface area contributed by atoms with Crippen molar-refractivity contribution in [1.82, 2.24) is 0 Å². The molecule has 1 heterocycles. The van der Waals surface area contributed by atoms with Gasteiger partial charge in [-0.1, -0.05) is 23.7 Å². The lowest BCUT2D eigenvalue weighted by Gasteiger charge is -2.23. The molecule has 1 aliphatic rings. The lowest BCUT2D eigenvalue weighted by Crippen LogP contribution is -3.13. The summed E-state index contributed by atoms with van der Waals surface area (Å²) in [4.78, 5) is 1.68. The summed E-state index contributed by atoms with van der Waals surface area (Å²) in [6.07, 6.45) is 4.13. The molecule has 112 valence electrons. The Morgan fingerprint density at radius 1 is 1.10 bits per heavy atom. The molecule has 0 bridgehead atoms. The van der Waals surface area contributed by atoms with Gasteiger partial charge in [0, 0.05) is 0 Å². The molecule has 1 saturated heterocycles. The Bertz CT molecular complexity index is 385. The molecule has 2 rings (SSSR count). The second-order valence-electron chi connectivity index (χ2n) is 5.41. The molecule has 0 unspecified atom stereocenters. The second-order valence-corrected chi connectivity index (χ2v) is 5.81. The summed E-state index contributed by atoms with van der Waals surface area (Å²) < 4.78 is 11.3.